The lowest BCUT2D eigenvalue weighted by Gasteiger charge is -2.43. The Labute approximate surface area is 246 Å². The molecule has 0 aliphatic carbocycles. The molecule has 7 heteroatoms. The summed E-state index contributed by atoms with van der Waals surface area (Å²) >= 11 is 0. The first kappa shape index (κ1) is 30.8. The predicted molar refractivity (Wildman–Crippen MR) is 166 cm³/mol. The third-order valence-electron chi connectivity index (χ3n) is 7.47. The summed E-state index contributed by atoms with van der Waals surface area (Å²) in [5.74, 6) is 0.779. The van der Waals surface area contributed by atoms with E-state index in [1.165, 1.54) is 10.4 Å². The van der Waals surface area contributed by atoms with Crippen molar-refractivity contribution in [3.63, 3.8) is 0 Å². The number of rotatable bonds is 9. The lowest BCUT2D eigenvalue weighted by molar-refractivity contribution is 0.0222. The number of aliphatic hydroxyl groups is 1. The third kappa shape index (κ3) is 7.21. The van der Waals surface area contributed by atoms with Crippen LogP contribution in [-0.2, 0) is 28.7 Å². The molecule has 3 aromatic rings. The van der Waals surface area contributed by atoms with Gasteiger partial charge in [-0.2, -0.15) is 0 Å². The number of nitrogens with zero attached hydrogens (tertiary/aromatic N) is 1. The van der Waals surface area contributed by atoms with Gasteiger partial charge in [0, 0.05) is 31.7 Å². The third-order valence-corrected chi connectivity index (χ3v) is 12.5. The zero-order valence-electron chi connectivity index (χ0n) is 25.4. The van der Waals surface area contributed by atoms with Crippen molar-refractivity contribution < 1.29 is 23.8 Å². The van der Waals surface area contributed by atoms with Gasteiger partial charge in [-0.05, 0) is 59.8 Å². The van der Waals surface area contributed by atoms with Gasteiger partial charge in [-0.3, -0.25) is 0 Å². The second-order valence-electron chi connectivity index (χ2n) is 12.8. The molecular formula is C34H45NO5Si. The van der Waals surface area contributed by atoms with Gasteiger partial charge in [-0.15, -0.1) is 0 Å². The molecule has 1 amide bonds. The number of hydrogen-bond donors (Lipinski definition) is 1. The highest BCUT2D eigenvalue weighted by Crippen LogP contribution is 2.37. The maximum absolute atomic E-state index is 12.7. The topological polar surface area (TPSA) is 68.2 Å². The molecule has 4 rings (SSSR count). The van der Waals surface area contributed by atoms with Crippen LogP contribution in [0.3, 0.4) is 0 Å². The summed E-state index contributed by atoms with van der Waals surface area (Å²) in [5, 5.41) is 12.4. The number of carbonyl (C=O) groups is 1. The fourth-order valence-electron chi connectivity index (χ4n) is 5.65. The van der Waals surface area contributed by atoms with Crippen molar-refractivity contribution >= 4 is 24.8 Å². The molecule has 1 heterocycles. The first-order valence-electron chi connectivity index (χ1n) is 14.6. The molecule has 220 valence electrons. The van der Waals surface area contributed by atoms with E-state index in [0.717, 1.165) is 28.9 Å². The lowest BCUT2D eigenvalue weighted by atomic mass is 9.96. The molecule has 0 unspecified atom stereocenters. The Hall–Kier alpha value is -3.13. The van der Waals surface area contributed by atoms with Gasteiger partial charge in [0.15, 0.2) is 0 Å². The van der Waals surface area contributed by atoms with E-state index < -0.39 is 13.9 Å². The lowest BCUT2D eigenvalue weighted by Crippen LogP contribution is -2.66. The predicted octanol–water partition coefficient (Wildman–Crippen LogP) is 5.82. The van der Waals surface area contributed by atoms with Crippen molar-refractivity contribution in [1.29, 1.82) is 0 Å². The smallest absolute Gasteiger partial charge is 0.410 e. The molecule has 1 N–H and O–H groups in total. The van der Waals surface area contributed by atoms with Crippen molar-refractivity contribution in [3.8, 4) is 5.75 Å². The minimum atomic E-state index is -2.59. The van der Waals surface area contributed by atoms with Crippen LogP contribution >= 0.6 is 0 Å². The molecule has 0 saturated heterocycles. The molecule has 41 heavy (non-hydrogen) atoms. The zero-order valence-corrected chi connectivity index (χ0v) is 26.4. The standard InChI is InChI=1S/C34H45NO5Si/c1-33(2,3)40-32(37)35-19-18-30-27(24-35)22-26(25-36)23-31(30)38-20-13-21-39-41(34(4,5)6,28-14-9-7-10-15-28)29-16-11-8-12-17-29/h7-12,14-17,22-23,36H,13,18-21,24-25H2,1-6H3. The van der Waals surface area contributed by atoms with Crippen molar-refractivity contribution in [2.24, 2.45) is 0 Å². The minimum absolute atomic E-state index is 0.0783. The van der Waals surface area contributed by atoms with E-state index in [4.69, 9.17) is 13.9 Å². The maximum atomic E-state index is 12.7. The Bertz CT molecular complexity index is 1260. The Balaban J connectivity index is 1.47. The largest absolute Gasteiger partial charge is 0.493 e. The van der Waals surface area contributed by atoms with Gasteiger partial charge in [0.05, 0.1) is 13.2 Å². The van der Waals surface area contributed by atoms with Gasteiger partial charge in [0.25, 0.3) is 8.32 Å². The van der Waals surface area contributed by atoms with Crippen LogP contribution in [0.15, 0.2) is 72.8 Å². The highest BCUT2D eigenvalue weighted by molar-refractivity contribution is 6.99. The number of amides is 1. The molecule has 0 fully saturated rings. The van der Waals surface area contributed by atoms with E-state index in [0.29, 0.717) is 32.7 Å². The second-order valence-corrected chi connectivity index (χ2v) is 17.1. The number of hydrogen-bond acceptors (Lipinski definition) is 5. The summed E-state index contributed by atoms with van der Waals surface area (Å²) in [5.41, 5.74) is 2.31. The molecule has 1 aliphatic heterocycles. The first-order valence-corrected chi connectivity index (χ1v) is 16.5. The van der Waals surface area contributed by atoms with Crippen molar-refractivity contribution in [1.82, 2.24) is 4.90 Å². The summed E-state index contributed by atoms with van der Waals surface area (Å²) < 4.78 is 18.9. The highest BCUT2D eigenvalue weighted by atomic mass is 28.4. The van der Waals surface area contributed by atoms with E-state index in [2.05, 4.69) is 81.4 Å². The summed E-state index contributed by atoms with van der Waals surface area (Å²) in [4.78, 5) is 14.4. The van der Waals surface area contributed by atoms with Crippen LogP contribution in [0.1, 0.15) is 64.7 Å². The molecule has 0 radical (unpaired) electrons. The fraction of sp³-hybridized carbons (Fsp3) is 0.441. The van der Waals surface area contributed by atoms with Crippen LogP contribution in [0.4, 0.5) is 4.79 Å². The van der Waals surface area contributed by atoms with Crippen LogP contribution in [-0.4, -0.2) is 49.8 Å². The summed E-state index contributed by atoms with van der Waals surface area (Å²) in [6, 6.07) is 25.2. The van der Waals surface area contributed by atoms with Gasteiger partial charge in [-0.25, -0.2) is 4.79 Å². The van der Waals surface area contributed by atoms with E-state index >= 15 is 0 Å². The van der Waals surface area contributed by atoms with Crippen LogP contribution in [0.2, 0.25) is 5.04 Å². The van der Waals surface area contributed by atoms with Crippen molar-refractivity contribution in [3.05, 3.63) is 89.5 Å². The van der Waals surface area contributed by atoms with E-state index in [-0.39, 0.29) is 17.7 Å². The molecule has 0 saturated carbocycles. The van der Waals surface area contributed by atoms with Crippen LogP contribution < -0.4 is 15.1 Å². The number of ether oxygens (including phenoxy) is 2. The number of benzene rings is 3. The molecule has 0 spiro atoms. The summed E-state index contributed by atoms with van der Waals surface area (Å²) in [6.07, 6.45) is 1.08. The van der Waals surface area contributed by atoms with Crippen molar-refractivity contribution in [2.45, 2.75) is 78.2 Å². The Morgan fingerprint density at radius 2 is 1.51 bits per heavy atom. The van der Waals surface area contributed by atoms with E-state index in [1.807, 2.05) is 32.9 Å². The van der Waals surface area contributed by atoms with Gasteiger partial charge in [-0.1, -0.05) is 87.5 Å². The molecule has 0 aromatic heterocycles. The molecule has 6 nitrogen and oxygen atoms in total. The molecule has 0 bridgehead atoms. The van der Waals surface area contributed by atoms with Crippen molar-refractivity contribution in [2.75, 3.05) is 19.8 Å². The van der Waals surface area contributed by atoms with Gasteiger partial charge in [0.2, 0.25) is 0 Å². The van der Waals surface area contributed by atoms with Crippen LogP contribution in [0.25, 0.3) is 0 Å². The minimum Gasteiger partial charge on any atom is -0.493 e. The van der Waals surface area contributed by atoms with Gasteiger partial charge >= 0.3 is 6.09 Å². The SMILES string of the molecule is CC(C)(C)OC(=O)N1CCc2c(cc(CO)cc2OCCCO[Si](c2ccccc2)(c2ccccc2)C(C)(C)C)C1. The normalized spacial score (nSPS) is 14.0. The summed E-state index contributed by atoms with van der Waals surface area (Å²) in [6.45, 7) is 14.4. The average Bonchev–Trinajstić information content (AvgIpc) is 2.93. The quantitative estimate of drug-likeness (QED) is 0.257. The molecule has 3 aromatic carbocycles. The number of carbonyl (C=O) groups excluding carboxylic acids is 1. The highest BCUT2D eigenvalue weighted by Gasteiger charge is 2.50. The summed E-state index contributed by atoms with van der Waals surface area (Å²) in [7, 11) is -2.59. The number of fused-ring (bicyclic) bond motifs is 1. The second kappa shape index (κ2) is 12.8. The first-order chi connectivity index (χ1) is 19.4. The molecule has 1 aliphatic rings. The average molecular weight is 576 g/mol. The van der Waals surface area contributed by atoms with Crippen LogP contribution in [0.5, 0.6) is 5.75 Å². The van der Waals surface area contributed by atoms with Crippen LogP contribution in [0, 0.1) is 0 Å². The zero-order chi connectivity index (χ0) is 29.7. The van der Waals surface area contributed by atoms with Gasteiger partial charge in [0.1, 0.15) is 11.4 Å². The monoisotopic (exact) mass is 575 g/mol. The van der Waals surface area contributed by atoms with Gasteiger partial charge < -0.3 is 23.9 Å². The Kier molecular flexibility index (Phi) is 9.62. The molecule has 0 atom stereocenters. The maximum Gasteiger partial charge on any atom is 0.410 e. The Morgan fingerprint density at radius 1 is 0.902 bits per heavy atom. The molecular weight excluding hydrogens is 530 g/mol. The fourth-order valence-corrected chi connectivity index (χ4v) is 10.3. The number of aliphatic hydroxyl groups excluding tert-OH is 1. The Morgan fingerprint density at radius 3 is 2.05 bits per heavy atom. The van der Waals surface area contributed by atoms with E-state index in [1.54, 1.807) is 4.90 Å². The van der Waals surface area contributed by atoms with E-state index in [9.17, 15) is 9.90 Å².